The number of ketones is 1. The van der Waals surface area contributed by atoms with Gasteiger partial charge >= 0.3 is 0 Å². The lowest BCUT2D eigenvalue weighted by atomic mass is 9.97. The van der Waals surface area contributed by atoms with Gasteiger partial charge in [0, 0.05) is 5.92 Å². The lowest BCUT2D eigenvalue weighted by Crippen LogP contribution is -2.11. The van der Waals surface area contributed by atoms with Crippen molar-refractivity contribution in [3.63, 3.8) is 0 Å². The van der Waals surface area contributed by atoms with Gasteiger partial charge in [-0.05, 0) is 34.8 Å². The molecular formula is C10H12BrClOS. The highest BCUT2D eigenvalue weighted by molar-refractivity contribution is 9.11. The fraction of sp³-hybridized carbons (Fsp3) is 0.500. The lowest BCUT2D eigenvalue weighted by Gasteiger charge is -2.08. The van der Waals surface area contributed by atoms with Crippen molar-refractivity contribution in [2.45, 2.75) is 26.7 Å². The van der Waals surface area contributed by atoms with Crippen LogP contribution in [0.15, 0.2) is 9.85 Å². The molecule has 1 rings (SSSR count). The minimum absolute atomic E-state index is 0.136. The zero-order valence-corrected chi connectivity index (χ0v) is 11.3. The SMILES string of the molecule is CCC(CC)C(=O)c1cc(Cl)c(Br)s1. The van der Waals surface area contributed by atoms with Crippen molar-refractivity contribution in [3.05, 3.63) is 19.8 Å². The van der Waals surface area contributed by atoms with Crippen LogP contribution >= 0.6 is 38.9 Å². The molecule has 0 saturated heterocycles. The second-order valence-corrected chi connectivity index (χ2v) is 5.89. The number of Topliss-reactive ketones (excluding diaryl/α,β-unsaturated/α-hetero) is 1. The first kappa shape index (κ1) is 12.2. The molecule has 0 amide bonds. The van der Waals surface area contributed by atoms with E-state index in [0.717, 1.165) is 21.5 Å². The highest BCUT2D eigenvalue weighted by atomic mass is 79.9. The van der Waals surface area contributed by atoms with E-state index in [1.807, 2.05) is 13.8 Å². The quantitative estimate of drug-likeness (QED) is 0.730. The van der Waals surface area contributed by atoms with Crippen molar-refractivity contribution in [1.29, 1.82) is 0 Å². The molecule has 0 saturated carbocycles. The van der Waals surface area contributed by atoms with Crippen LogP contribution in [-0.4, -0.2) is 5.78 Å². The van der Waals surface area contributed by atoms with Crippen molar-refractivity contribution in [2.75, 3.05) is 0 Å². The summed E-state index contributed by atoms with van der Waals surface area (Å²) in [5, 5.41) is 0.629. The van der Waals surface area contributed by atoms with Crippen LogP contribution in [0, 0.1) is 5.92 Å². The molecule has 0 spiro atoms. The molecule has 0 bridgehead atoms. The Morgan fingerprint density at radius 2 is 2.14 bits per heavy atom. The van der Waals surface area contributed by atoms with Gasteiger partial charge < -0.3 is 0 Å². The number of rotatable bonds is 4. The third kappa shape index (κ3) is 2.59. The summed E-state index contributed by atoms with van der Waals surface area (Å²) in [6, 6.07) is 1.75. The minimum atomic E-state index is 0.136. The second kappa shape index (κ2) is 5.29. The van der Waals surface area contributed by atoms with Gasteiger partial charge in [-0.3, -0.25) is 4.79 Å². The highest BCUT2D eigenvalue weighted by Gasteiger charge is 2.19. The first-order valence-corrected chi connectivity index (χ1v) is 6.57. The van der Waals surface area contributed by atoms with Gasteiger partial charge in [-0.25, -0.2) is 0 Å². The summed E-state index contributed by atoms with van der Waals surface area (Å²) in [6.45, 7) is 4.08. The number of hydrogen-bond acceptors (Lipinski definition) is 2. The van der Waals surface area contributed by atoms with Crippen molar-refractivity contribution in [3.8, 4) is 0 Å². The van der Waals surface area contributed by atoms with Crippen LogP contribution < -0.4 is 0 Å². The predicted molar refractivity (Wildman–Crippen MR) is 65.4 cm³/mol. The second-order valence-electron chi connectivity index (χ2n) is 3.11. The Morgan fingerprint density at radius 1 is 1.57 bits per heavy atom. The van der Waals surface area contributed by atoms with E-state index in [9.17, 15) is 4.79 Å². The fourth-order valence-electron chi connectivity index (χ4n) is 1.33. The minimum Gasteiger partial charge on any atom is -0.293 e. The number of halogens is 2. The first-order valence-electron chi connectivity index (χ1n) is 4.59. The van der Waals surface area contributed by atoms with Crippen molar-refractivity contribution in [2.24, 2.45) is 5.92 Å². The molecule has 0 N–H and O–H groups in total. The number of thiophene rings is 1. The van der Waals surface area contributed by atoms with Gasteiger partial charge in [0.1, 0.15) is 0 Å². The summed E-state index contributed by atoms with van der Waals surface area (Å²) in [5.74, 6) is 0.351. The normalized spacial score (nSPS) is 10.9. The summed E-state index contributed by atoms with van der Waals surface area (Å²) in [6.07, 6.45) is 1.78. The van der Waals surface area contributed by atoms with Crippen LogP contribution in [0.2, 0.25) is 5.02 Å². The van der Waals surface area contributed by atoms with E-state index >= 15 is 0 Å². The molecule has 0 radical (unpaired) electrons. The lowest BCUT2D eigenvalue weighted by molar-refractivity contribution is 0.0917. The van der Waals surface area contributed by atoms with Gasteiger partial charge in [-0.1, -0.05) is 25.4 Å². The maximum atomic E-state index is 11.9. The maximum absolute atomic E-state index is 11.9. The summed E-state index contributed by atoms with van der Waals surface area (Å²) < 4.78 is 0.841. The molecule has 0 aliphatic rings. The average molecular weight is 296 g/mol. The number of carbonyl (C=O) groups excluding carboxylic acids is 1. The zero-order valence-electron chi connectivity index (χ0n) is 8.14. The molecule has 1 aromatic heterocycles. The van der Waals surface area contributed by atoms with Gasteiger partial charge in [0.15, 0.2) is 5.78 Å². The molecule has 0 fully saturated rings. The monoisotopic (exact) mass is 294 g/mol. The van der Waals surface area contributed by atoms with E-state index < -0.39 is 0 Å². The van der Waals surface area contributed by atoms with Crippen LogP contribution in [0.4, 0.5) is 0 Å². The smallest absolute Gasteiger partial charge is 0.175 e. The predicted octanol–water partition coefficient (Wildman–Crippen LogP) is 4.78. The molecule has 0 aliphatic carbocycles. The van der Waals surface area contributed by atoms with Crippen LogP contribution in [0.3, 0.4) is 0 Å². The molecule has 1 heterocycles. The summed E-state index contributed by atoms with van der Waals surface area (Å²) in [7, 11) is 0. The van der Waals surface area contributed by atoms with Gasteiger partial charge in [-0.15, -0.1) is 11.3 Å². The Bertz CT molecular complexity index is 311. The Balaban J connectivity index is 2.88. The van der Waals surface area contributed by atoms with Crippen LogP contribution in [0.1, 0.15) is 36.4 Å². The maximum Gasteiger partial charge on any atom is 0.175 e. The summed E-state index contributed by atoms with van der Waals surface area (Å²) in [4.78, 5) is 12.7. The standard InChI is InChI=1S/C10H12BrClOS/c1-3-6(4-2)9(13)8-5-7(12)10(11)14-8/h5-6H,3-4H2,1-2H3. The van der Waals surface area contributed by atoms with Crippen LogP contribution in [0.5, 0.6) is 0 Å². The molecule has 0 aliphatic heterocycles. The molecule has 0 aromatic carbocycles. The van der Waals surface area contributed by atoms with Crippen molar-refractivity contribution < 1.29 is 4.79 Å². The fourth-order valence-corrected chi connectivity index (χ4v) is 3.05. The molecule has 4 heteroatoms. The van der Waals surface area contributed by atoms with Crippen LogP contribution in [0.25, 0.3) is 0 Å². The molecule has 1 nitrogen and oxygen atoms in total. The largest absolute Gasteiger partial charge is 0.293 e. The van der Waals surface area contributed by atoms with Gasteiger partial charge in [0.2, 0.25) is 0 Å². The van der Waals surface area contributed by atoms with E-state index in [4.69, 9.17) is 11.6 Å². The van der Waals surface area contributed by atoms with E-state index in [-0.39, 0.29) is 11.7 Å². The van der Waals surface area contributed by atoms with E-state index in [1.165, 1.54) is 11.3 Å². The van der Waals surface area contributed by atoms with Gasteiger partial charge in [0.05, 0.1) is 13.7 Å². The number of hydrogen-bond donors (Lipinski definition) is 0. The highest BCUT2D eigenvalue weighted by Crippen LogP contribution is 2.33. The Kier molecular flexibility index (Phi) is 4.61. The van der Waals surface area contributed by atoms with E-state index in [1.54, 1.807) is 6.07 Å². The number of carbonyl (C=O) groups is 1. The van der Waals surface area contributed by atoms with E-state index in [0.29, 0.717) is 5.02 Å². The van der Waals surface area contributed by atoms with Crippen molar-refractivity contribution in [1.82, 2.24) is 0 Å². The topological polar surface area (TPSA) is 17.1 Å². The third-order valence-corrected chi connectivity index (χ3v) is 4.73. The zero-order chi connectivity index (χ0) is 10.7. The summed E-state index contributed by atoms with van der Waals surface area (Å²) in [5.41, 5.74) is 0. The third-order valence-electron chi connectivity index (χ3n) is 2.24. The van der Waals surface area contributed by atoms with Gasteiger partial charge in [0.25, 0.3) is 0 Å². The first-order chi connectivity index (χ1) is 6.60. The van der Waals surface area contributed by atoms with Crippen LogP contribution in [-0.2, 0) is 0 Å². The Hall–Kier alpha value is 0.140. The molecule has 0 atom stereocenters. The van der Waals surface area contributed by atoms with E-state index in [2.05, 4.69) is 15.9 Å². The summed E-state index contributed by atoms with van der Waals surface area (Å²) >= 11 is 10.6. The Labute approximate surface area is 102 Å². The van der Waals surface area contributed by atoms with Gasteiger partial charge in [-0.2, -0.15) is 0 Å². The molecule has 14 heavy (non-hydrogen) atoms. The average Bonchev–Trinajstić information content (AvgIpc) is 2.49. The molecule has 0 unspecified atom stereocenters. The van der Waals surface area contributed by atoms with Crippen molar-refractivity contribution >= 4 is 44.7 Å². The molecule has 78 valence electrons. The Morgan fingerprint density at radius 3 is 2.50 bits per heavy atom. The molecular weight excluding hydrogens is 284 g/mol. The molecule has 1 aromatic rings.